The average Bonchev–Trinajstić information content (AvgIpc) is 2.46. The predicted molar refractivity (Wildman–Crippen MR) is 69.8 cm³/mol. The van der Waals surface area contributed by atoms with Crippen LogP contribution in [0.3, 0.4) is 0 Å². The lowest BCUT2D eigenvalue weighted by atomic mass is 10.1. The highest BCUT2D eigenvalue weighted by Gasteiger charge is 2.33. The lowest BCUT2D eigenvalue weighted by molar-refractivity contribution is -0.136. The van der Waals surface area contributed by atoms with Crippen molar-refractivity contribution in [2.45, 2.75) is 6.18 Å². The average molecular weight is 306 g/mol. The normalized spacial score (nSPS) is 10.6. The van der Waals surface area contributed by atoms with Crippen molar-refractivity contribution in [1.29, 1.82) is 10.5 Å². The minimum Gasteiger partial charge on any atom is -0.423 e. The van der Waals surface area contributed by atoms with Crippen molar-refractivity contribution in [1.82, 2.24) is 0 Å². The molecule has 1 aromatic heterocycles. The van der Waals surface area contributed by atoms with Crippen molar-refractivity contribution in [3.8, 4) is 12.1 Å². The zero-order valence-electron chi connectivity index (χ0n) is 10.6. The Labute approximate surface area is 120 Å². The number of fused-ring (bicyclic) bond motifs is 1. The molecule has 9 heteroatoms. The van der Waals surface area contributed by atoms with Crippen molar-refractivity contribution >= 4 is 22.4 Å². The van der Waals surface area contributed by atoms with Crippen LogP contribution in [-0.2, 0) is 6.18 Å². The topological polar surface area (TPSA) is 102 Å². The SMILES string of the molecule is N#CC(C#N)=NNc1ccc2c(C(F)(F)F)cc(=O)oc2c1. The summed E-state index contributed by atoms with van der Waals surface area (Å²) in [7, 11) is 0. The lowest BCUT2D eigenvalue weighted by Crippen LogP contribution is -2.11. The van der Waals surface area contributed by atoms with Crippen LogP contribution in [-0.4, -0.2) is 5.71 Å². The number of benzene rings is 1. The largest absolute Gasteiger partial charge is 0.423 e. The molecule has 0 amide bonds. The van der Waals surface area contributed by atoms with Crippen molar-refractivity contribution in [3.05, 3.63) is 40.2 Å². The van der Waals surface area contributed by atoms with Gasteiger partial charge < -0.3 is 4.42 Å². The van der Waals surface area contributed by atoms with Gasteiger partial charge >= 0.3 is 11.8 Å². The van der Waals surface area contributed by atoms with Crippen LogP contribution in [0.5, 0.6) is 0 Å². The number of hydrogen-bond donors (Lipinski definition) is 1. The van der Waals surface area contributed by atoms with Crippen LogP contribution >= 0.6 is 0 Å². The van der Waals surface area contributed by atoms with Crippen molar-refractivity contribution < 1.29 is 17.6 Å². The van der Waals surface area contributed by atoms with E-state index in [1.165, 1.54) is 18.2 Å². The number of anilines is 1. The number of nitrogens with one attached hydrogen (secondary N) is 1. The zero-order valence-corrected chi connectivity index (χ0v) is 10.6. The molecule has 0 spiro atoms. The lowest BCUT2D eigenvalue weighted by Gasteiger charge is -2.09. The van der Waals surface area contributed by atoms with Gasteiger partial charge in [0.15, 0.2) is 0 Å². The Bertz CT molecular complexity index is 885. The van der Waals surface area contributed by atoms with Crippen LogP contribution < -0.4 is 11.1 Å². The second-order valence-electron chi connectivity index (χ2n) is 3.98. The third-order valence-corrected chi connectivity index (χ3v) is 2.56. The first-order chi connectivity index (χ1) is 10.3. The number of hydrazone groups is 1. The molecule has 0 saturated heterocycles. The molecule has 0 atom stereocenters. The fraction of sp³-hybridized carbons (Fsp3) is 0.0769. The summed E-state index contributed by atoms with van der Waals surface area (Å²) in [6.07, 6.45) is -4.70. The van der Waals surface area contributed by atoms with Crippen LogP contribution in [0.1, 0.15) is 5.56 Å². The zero-order chi connectivity index (χ0) is 16.3. The van der Waals surface area contributed by atoms with E-state index >= 15 is 0 Å². The molecule has 6 nitrogen and oxygen atoms in total. The Morgan fingerprint density at radius 2 is 1.91 bits per heavy atom. The molecule has 0 aliphatic rings. The molecular formula is C13H5F3N4O2. The summed E-state index contributed by atoms with van der Waals surface area (Å²) < 4.78 is 43.3. The number of nitrogens with zero attached hydrogens (tertiary/aromatic N) is 3. The van der Waals surface area contributed by atoms with E-state index in [0.717, 1.165) is 12.1 Å². The van der Waals surface area contributed by atoms with Gasteiger partial charge in [0.25, 0.3) is 0 Å². The second kappa shape index (κ2) is 5.58. The fourth-order valence-corrected chi connectivity index (χ4v) is 1.66. The van der Waals surface area contributed by atoms with E-state index in [2.05, 4.69) is 10.5 Å². The molecule has 2 aromatic rings. The van der Waals surface area contributed by atoms with Crippen LogP contribution in [0, 0.1) is 22.7 Å². The predicted octanol–water partition coefficient (Wildman–Crippen LogP) is 2.63. The molecule has 22 heavy (non-hydrogen) atoms. The van der Waals surface area contributed by atoms with E-state index in [0.29, 0.717) is 6.07 Å². The van der Waals surface area contributed by atoms with E-state index in [1.54, 1.807) is 0 Å². The molecule has 110 valence electrons. The summed E-state index contributed by atoms with van der Waals surface area (Å²) in [5, 5.41) is 20.2. The Balaban J connectivity index is 2.53. The van der Waals surface area contributed by atoms with Gasteiger partial charge in [-0.25, -0.2) is 4.79 Å². The Morgan fingerprint density at radius 3 is 2.50 bits per heavy atom. The number of alkyl halides is 3. The summed E-state index contributed by atoms with van der Waals surface area (Å²) in [4.78, 5) is 11.2. The smallest absolute Gasteiger partial charge is 0.417 e. The molecule has 0 bridgehead atoms. The quantitative estimate of drug-likeness (QED) is 0.522. The van der Waals surface area contributed by atoms with Gasteiger partial charge in [0.05, 0.1) is 11.3 Å². The van der Waals surface area contributed by atoms with E-state index in [-0.39, 0.29) is 16.7 Å². The van der Waals surface area contributed by atoms with Crippen molar-refractivity contribution in [2.75, 3.05) is 5.43 Å². The van der Waals surface area contributed by atoms with Gasteiger partial charge in [0, 0.05) is 17.5 Å². The number of hydrogen-bond acceptors (Lipinski definition) is 6. The standard InChI is InChI=1S/C13H5F3N4O2/c14-13(15,16)10-4-12(21)22-11-3-7(1-2-9(10)11)19-20-8(5-17)6-18/h1-4,19H. The van der Waals surface area contributed by atoms with Crippen LogP contribution in [0.4, 0.5) is 18.9 Å². The minimum atomic E-state index is -4.70. The first-order valence-corrected chi connectivity index (χ1v) is 5.64. The van der Waals surface area contributed by atoms with Gasteiger partial charge in [-0.15, -0.1) is 0 Å². The minimum absolute atomic E-state index is 0.151. The number of nitriles is 2. The molecular weight excluding hydrogens is 301 g/mol. The third kappa shape index (κ3) is 3.04. The highest BCUT2D eigenvalue weighted by Crippen LogP contribution is 2.34. The van der Waals surface area contributed by atoms with Crippen molar-refractivity contribution in [2.24, 2.45) is 5.10 Å². The monoisotopic (exact) mass is 306 g/mol. The van der Waals surface area contributed by atoms with Gasteiger partial charge in [-0.05, 0) is 12.1 Å². The van der Waals surface area contributed by atoms with Gasteiger partial charge in [0.1, 0.15) is 17.7 Å². The Hall–Kier alpha value is -3.33. The summed E-state index contributed by atoms with van der Waals surface area (Å²) >= 11 is 0. The molecule has 0 unspecified atom stereocenters. The number of halogens is 3. The van der Waals surface area contributed by atoms with Gasteiger partial charge in [0.2, 0.25) is 5.71 Å². The molecule has 0 aliphatic carbocycles. The first kappa shape index (κ1) is 15.1. The van der Waals surface area contributed by atoms with Crippen LogP contribution in [0.2, 0.25) is 0 Å². The van der Waals surface area contributed by atoms with Crippen molar-refractivity contribution in [3.63, 3.8) is 0 Å². The summed E-state index contributed by atoms with van der Waals surface area (Å²) in [5.74, 6) is 0. The van der Waals surface area contributed by atoms with Gasteiger partial charge in [-0.1, -0.05) is 0 Å². The van der Waals surface area contributed by atoms with E-state index in [4.69, 9.17) is 14.9 Å². The molecule has 0 aliphatic heterocycles. The van der Waals surface area contributed by atoms with Gasteiger partial charge in [-0.3, -0.25) is 5.43 Å². The first-order valence-electron chi connectivity index (χ1n) is 5.64. The molecule has 1 heterocycles. The summed E-state index contributed by atoms with van der Waals surface area (Å²) in [5.41, 5.74) is -0.547. The van der Waals surface area contributed by atoms with Crippen LogP contribution in [0.15, 0.2) is 38.6 Å². The van der Waals surface area contributed by atoms with E-state index in [9.17, 15) is 18.0 Å². The maximum absolute atomic E-state index is 12.9. The van der Waals surface area contributed by atoms with E-state index < -0.39 is 23.1 Å². The Kier molecular flexibility index (Phi) is 3.82. The third-order valence-electron chi connectivity index (χ3n) is 2.56. The van der Waals surface area contributed by atoms with Gasteiger partial charge in [-0.2, -0.15) is 28.8 Å². The fourth-order valence-electron chi connectivity index (χ4n) is 1.66. The summed E-state index contributed by atoms with van der Waals surface area (Å²) in [6, 6.07) is 6.83. The maximum atomic E-state index is 12.9. The molecule has 0 saturated carbocycles. The molecule has 0 radical (unpaired) electrons. The van der Waals surface area contributed by atoms with E-state index in [1.807, 2.05) is 0 Å². The summed E-state index contributed by atoms with van der Waals surface area (Å²) in [6.45, 7) is 0. The maximum Gasteiger partial charge on any atom is 0.417 e. The highest BCUT2D eigenvalue weighted by atomic mass is 19.4. The molecule has 1 aromatic carbocycles. The highest BCUT2D eigenvalue weighted by molar-refractivity contribution is 6.10. The Morgan fingerprint density at radius 1 is 1.23 bits per heavy atom. The number of rotatable bonds is 2. The second-order valence-corrected chi connectivity index (χ2v) is 3.98. The van der Waals surface area contributed by atoms with Crippen LogP contribution in [0.25, 0.3) is 11.0 Å². The molecule has 2 rings (SSSR count). The molecule has 1 N–H and O–H groups in total. The molecule has 0 fully saturated rings.